The number of fused-ring (bicyclic) bond motifs is 2. The van der Waals surface area contributed by atoms with E-state index >= 15 is 0 Å². The lowest BCUT2D eigenvalue weighted by atomic mass is 10.1. The van der Waals surface area contributed by atoms with Gasteiger partial charge in [-0.3, -0.25) is 14.2 Å². The summed E-state index contributed by atoms with van der Waals surface area (Å²) in [5.74, 6) is 0.559. The first-order valence-corrected chi connectivity index (χ1v) is 9.63. The molecule has 1 amide bonds. The lowest BCUT2D eigenvalue weighted by Crippen LogP contribution is -3.04. The summed E-state index contributed by atoms with van der Waals surface area (Å²) in [6.45, 7) is 2.61. The summed E-state index contributed by atoms with van der Waals surface area (Å²) >= 11 is 0. The molecular weight excluding hydrogens is 352 g/mol. The standard InChI is InChI=1S/C22H24N4O2/c1-15-12-16-8-4-7-11-19(16)26(15)21(27)14-25-20(13-24(2)3)23-18-10-6-5-9-17(18)22(25)28/h4-11,15H,12-14H2,1-3H3/p+1/t15-/m0/s1. The fraction of sp³-hybridized carbons (Fsp3) is 0.318. The molecular formula is C22H25N4O2+. The Morgan fingerprint density at radius 1 is 1.14 bits per heavy atom. The van der Waals surface area contributed by atoms with E-state index in [9.17, 15) is 9.59 Å². The van der Waals surface area contributed by atoms with Gasteiger partial charge in [-0.15, -0.1) is 0 Å². The second-order valence-electron chi connectivity index (χ2n) is 7.77. The van der Waals surface area contributed by atoms with Crippen LogP contribution in [0.15, 0.2) is 53.3 Å². The van der Waals surface area contributed by atoms with E-state index in [0.717, 1.165) is 17.0 Å². The third-order valence-electron chi connectivity index (χ3n) is 5.22. The summed E-state index contributed by atoms with van der Waals surface area (Å²) in [6, 6.07) is 15.4. The van der Waals surface area contributed by atoms with Crippen LogP contribution in [0, 0.1) is 0 Å². The van der Waals surface area contributed by atoms with Crippen LogP contribution >= 0.6 is 0 Å². The molecule has 1 aliphatic rings. The highest BCUT2D eigenvalue weighted by Gasteiger charge is 2.31. The zero-order valence-corrected chi connectivity index (χ0v) is 16.5. The Morgan fingerprint density at radius 2 is 1.86 bits per heavy atom. The van der Waals surface area contributed by atoms with Gasteiger partial charge in [-0.25, -0.2) is 4.98 Å². The van der Waals surface area contributed by atoms with Crippen molar-refractivity contribution in [3.05, 3.63) is 70.3 Å². The van der Waals surface area contributed by atoms with Gasteiger partial charge in [-0.1, -0.05) is 30.3 Å². The molecule has 6 heteroatoms. The number of quaternary nitrogens is 1. The normalized spacial score (nSPS) is 16.0. The molecule has 2 aromatic carbocycles. The Hall–Kier alpha value is -2.99. The Bertz CT molecular complexity index is 1100. The molecule has 4 rings (SSSR count). The Kier molecular flexibility index (Phi) is 4.73. The molecule has 0 bridgehead atoms. The first kappa shape index (κ1) is 18.4. The predicted molar refractivity (Wildman–Crippen MR) is 110 cm³/mol. The molecule has 1 N–H and O–H groups in total. The fourth-order valence-electron chi connectivity index (χ4n) is 3.99. The van der Waals surface area contributed by atoms with Crippen molar-refractivity contribution in [2.24, 2.45) is 0 Å². The smallest absolute Gasteiger partial charge is 0.262 e. The molecule has 0 saturated heterocycles. The molecule has 144 valence electrons. The highest BCUT2D eigenvalue weighted by molar-refractivity contribution is 5.96. The van der Waals surface area contributed by atoms with Gasteiger partial charge >= 0.3 is 0 Å². The lowest BCUT2D eigenvalue weighted by Gasteiger charge is -2.24. The van der Waals surface area contributed by atoms with E-state index < -0.39 is 0 Å². The zero-order valence-electron chi connectivity index (χ0n) is 16.5. The van der Waals surface area contributed by atoms with E-state index in [1.54, 1.807) is 10.6 Å². The summed E-state index contributed by atoms with van der Waals surface area (Å²) < 4.78 is 1.55. The van der Waals surface area contributed by atoms with Gasteiger partial charge in [-0.05, 0) is 37.1 Å². The quantitative estimate of drug-likeness (QED) is 0.739. The first-order valence-electron chi connectivity index (χ1n) is 9.63. The van der Waals surface area contributed by atoms with Gasteiger partial charge in [0, 0.05) is 11.7 Å². The maximum atomic E-state index is 13.2. The van der Waals surface area contributed by atoms with Crippen LogP contribution in [0.25, 0.3) is 10.9 Å². The van der Waals surface area contributed by atoms with E-state index in [4.69, 9.17) is 4.98 Å². The van der Waals surface area contributed by atoms with Gasteiger partial charge in [0.25, 0.3) is 5.56 Å². The SMILES string of the molecule is C[C@H]1Cc2ccccc2N1C(=O)Cn1c(C[NH+](C)C)nc2ccccc2c1=O. The minimum Gasteiger partial charge on any atom is -0.334 e. The number of carbonyl (C=O) groups excluding carboxylic acids is 1. The highest BCUT2D eigenvalue weighted by atomic mass is 16.2. The van der Waals surface area contributed by atoms with Crippen molar-refractivity contribution in [1.82, 2.24) is 9.55 Å². The third kappa shape index (κ3) is 3.20. The van der Waals surface area contributed by atoms with E-state index in [0.29, 0.717) is 23.3 Å². The number of amides is 1. The van der Waals surface area contributed by atoms with Gasteiger partial charge in [0.2, 0.25) is 5.91 Å². The Balaban J connectivity index is 1.76. The molecule has 28 heavy (non-hydrogen) atoms. The summed E-state index contributed by atoms with van der Waals surface area (Å²) in [6.07, 6.45) is 0.835. The molecule has 0 saturated carbocycles. The molecule has 0 aliphatic carbocycles. The number of hydrogen-bond donors (Lipinski definition) is 1. The number of anilines is 1. The Morgan fingerprint density at radius 3 is 2.64 bits per heavy atom. The van der Waals surface area contributed by atoms with Gasteiger partial charge in [-0.2, -0.15) is 0 Å². The average Bonchev–Trinajstić information content (AvgIpc) is 3.00. The zero-order chi connectivity index (χ0) is 19.8. The molecule has 3 aromatic rings. The maximum absolute atomic E-state index is 13.2. The van der Waals surface area contributed by atoms with Gasteiger partial charge < -0.3 is 9.80 Å². The predicted octanol–water partition coefficient (Wildman–Crippen LogP) is 1.02. The van der Waals surface area contributed by atoms with Crippen molar-refractivity contribution in [1.29, 1.82) is 0 Å². The topological polar surface area (TPSA) is 59.6 Å². The van der Waals surface area contributed by atoms with Gasteiger partial charge in [0.15, 0.2) is 5.82 Å². The van der Waals surface area contributed by atoms with Crippen LogP contribution in [0.3, 0.4) is 0 Å². The molecule has 0 radical (unpaired) electrons. The summed E-state index contributed by atoms with van der Waals surface area (Å²) in [7, 11) is 4.01. The van der Waals surface area contributed by atoms with Crippen LogP contribution < -0.4 is 15.4 Å². The van der Waals surface area contributed by atoms with Crippen molar-refractivity contribution in [3.8, 4) is 0 Å². The van der Waals surface area contributed by atoms with Crippen LogP contribution in [-0.2, 0) is 24.3 Å². The van der Waals surface area contributed by atoms with Crippen molar-refractivity contribution in [3.63, 3.8) is 0 Å². The number of para-hydroxylation sites is 2. The number of carbonyl (C=O) groups is 1. The van der Waals surface area contributed by atoms with Crippen LogP contribution in [0.2, 0.25) is 0 Å². The molecule has 1 aromatic heterocycles. The monoisotopic (exact) mass is 377 g/mol. The van der Waals surface area contributed by atoms with Crippen LogP contribution in [0.4, 0.5) is 5.69 Å². The van der Waals surface area contributed by atoms with E-state index in [2.05, 4.69) is 6.07 Å². The molecule has 6 nitrogen and oxygen atoms in total. The number of nitrogens with one attached hydrogen (secondary N) is 1. The number of rotatable bonds is 4. The van der Waals surface area contributed by atoms with Crippen LogP contribution in [-0.4, -0.2) is 35.6 Å². The molecule has 0 unspecified atom stereocenters. The minimum atomic E-state index is -0.157. The van der Waals surface area contributed by atoms with Gasteiger partial charge in [0.1, 0.15) is 13.1 Å². The van der Waals surface area contributed by atoms with Crippen LogP contribution in [0.1, 0.15) is 18.3 Å². The largest absolute Gasteiger partial charge is 0.334 e. The Labute approximate surface area is 164 Å². The van der Waals surface area contributed by atoms with E-state index in [-0.39, 0.29) is 24.1 Å². The van der Waals surface area contributed by atoms with Gasteiger partial charge in [0.05, 0.1) is 25.0 Å². The fourth-order valence-corrected chi connectivity index (χ4v) is 3.99. The average molecular weight is 377 g/mol. The first-order chi connectivity index (χ1) is 13.5. The lowest BCUT2D eigenvalue weighted by molar-refractivity contribution is -0.873. The number of benzene rings is 2. The van der Waals surface area contributed by atoms with Crippen molar-refractivity contribution in [2.45, 2.75) is 32.5 Å². The second kappa shape index (κ2) is 7.20. The second-order valence-corrected chi connectivity index (χ2v) is 7.77. The van der Waals surface area contributed by atoms with Crippen LogP contribution in [0.5, 0.6) is 0 Å². The highest BCUT2D eigenvalue weighted by Crippen LogP contribution is 2.31. The summed E-state index contributed by atoms with van der Waals surface area (Å²) in [5, 5.41) is 0.544. The summed E-state index contributed by atoms with van der Waals surface area (Å²) in [5.41, 5.74) is 2.63. The summed E-state index contributed by atoms with van der Waals surface area (Å²) in [4.78, 5) is 34.1. The van der Waals surface area contributed by atoms with Crippen molar-refractivity contribution < 1.29 is 9.69 Å². The molecule has 2 heterocycles. The molecule has 1 aliphatic heterocycles. The van der Waals surface area contributed by atoms with Crippen molar-refractivity contribution in [2.75, 3.05) is 19.0 Å². The minimum absolute atomic E-state index is 0.00203. The molecule has 0 spiro atoms. The number of aromatic nitrogens is 2. The third-order valence-corrected chi connectivity index (χ3v) is 5.22. The molecule has 0 fully saturated rings. The van der Waals surface area contributed by atoms with E-state index in [1.165, 1.54) is 5.56 Å². The van der Waals surface area contributed by atoms with Crippen molar-refractivity contribution >= 4 is 22.5 Å². The van der Waals surface area contributed by atoms with E-state index in [1.807, 2.05) is 62.3 Å². The number of nitrogens with zero attached hydrogens (tertiary/aromatic N) is 3. The maximum Gasteiger partial charge on any atom is 0.262 e. The molecule has 1 atom stereocenters. The number of hydrogen-bond acceptors (Lipinski definition) is 3.